The summed E-state index contributed by atoms with van der Waals surface area (Å²) < 4.78 is 21.9. The van der Waals surface area contributed by atoms with E-state index in [9.17, 15) is 4.79 Å². The molecule has 1 aromatic rings. The fourth-order valence-corrected chi connectivity index (χ4v) is 5.23. The van der Waals surface area contributed by atoms with Gasteiger partial charge in [0.15, 0.2) is 0 Å². The van der Waals surface area contributed by atoms with Gasteiger partial charge in [-0.05, 0) is 87.0 Å². The predicted molar refractivity (Wildman–Crippen MR) is 130 cm³/mol. The van der Waals surface area contributed by atoms with Gasteiger partial charge in [0.25, 0.3) is 0 Å². The van der Waals surface area contributed by atoms with E-state index in [2.05, 4.69) is 55.8 Å². The lowest BCUT2D eigenvalue weighted by atomic mass is 9.70. The molecule has 0 radical (unpaired) electrons. The van der Waals surface area contributed by atoms with Gasteiger partial charge in [-0.1, -0.05) is 46.8 Å². The normalized spacial score (nSPS) is 16.8. The molecule has 0 unspecified atom stereocenters. The molecule has 2 rings (SSSR count). The van der Waals surface area contributed by atoms with Crippen LogP contribution < -0.4 is 4.74 Å². The van der Waals surface area contributed by atoms with Crippen LogP contribution in [0, 0.1) is 5.92 Å². The average Bonchev–Trinajstić information content (AvgIpc) is 2.65. The van der Waals surface area contributed by atoms with Crippen molar-refractivity contribution in [2.45, 2.75) is 59.8 Å². The molecule has 0 amide bonds. The molecule has 0 atom stereocenters. The highest BCUT2D eigenvalue weighted by atomic mass is 79.9. The van der Waals surface area contributed by atoms with Crippen LogP contribution in [0.5, 0.6) is 5.75 Å². The van der Waals surface area contributed by atoms with E-state index in [0.717, 1.165) is 22.5 Å². The van der Waals surface area contributed by atoms with Gasteiger partial charge in [-0.3, -0.25) is 0 Å². The average molecular weight is 491 g/mol. The molecule has 1 aliphatic rings. The first-order valence-corrected chi connectivity index (χ1v) is 11.3. The Hall–Kier alpha value is -2.14. The summed E-state index contributed by atoms with van der Waals surface area (Å²) in [6.07, 6.45) is 7.53. The number of benzene rings is 1. The molecule has 0 saturated heterocycles. The van der Waals surface area contributed by atoms with Gasteiger partial charge in [0.05, 0.1) is 11.6 Å². The minimum absolute atomic E-state index is 0.0777. The molecule has 0 fully saturated rings. The van der Waals surface area contributed by atoms with Gasteiger partial charge < -0.3 is 9.84 Å². The molecule has 0 heterocycles. The molecular formula is C26H32BrFO3. The van der Waals surface area contributed by atoms with E-state index in [1.807, 2.05) is 6.92 Å². The highest BCUT2D eigenvalue weighted by Crippen LogP contribution is 2.50. The van der Waals surface area contributed by atoms with Gasteiger partial charge in [-0.15, -0.1) is 0 Å². The zero-order chi connectivity index (χ0) is 23.5. The standard InChI is InChI=1S/C26H32BrFO3/c1-8-17(21(28)10-9-16(4)13-22(29)30)20-14-19-18(15(2)3)11-12-26(5,6)23(19)24(27)25(20)31-7/h9-11,13-15H,8,12H2,1-7H3,(H,29,30)/b10-9+,16-13+,21-17+. The van der Waals surface area contributed by atoms with Crippen LogP contribution in [0.3, 0.4) is 0 Å². The summed E-state index contributed by atoms with van der Waals surface area (Å²) in [5.41, 5.74) is 5.18. The summed E-state index contributed by atoms with van der Waals surface area (Å²) in [5.74, 6) is -0.505. The maximum atomic E-state index is 15.3. The summed E-state index contributed by atoms with van der Waals surface area (Å²) in [6, 6.07) is 2.05. The number of rotatable bonds is 7. The maximum Gasteiger partial charge on any atom is 0.328 e. The number of halogens is 2. The predicted octanol–water partition coefficient (Wildman–Crippen LogP) is 7.86. The van der Waals surface area contributed by atoms with Gasteiger partial charge in [-0.2, -0.15) is 0 Å². The number of carbonyl (C=O) groups is 1. The van der Waals surface area contributed by atoms with E-state index in [1.165, 1.54) is 23.3 Å². The number of carboxylic acid groups (broad SMARTS) is 1. The third-order valence-electron chi connectivity index (χ3n) is 5.68. The summed E-state index contributed by atoms with van der Waals surface area (Å²) in [4.78, 5) is 10.8. The van der Waals surface area contributed by atoms with E-state index < -0.39 is 11.8 Å². The van der Waals surface area contributed by atoms with Crippen LogP contribution in [0.4, 0.5) is 4.39 Å². The number of fused-ring (bicyclic) bond motifs is 1. The number of ether oxygens (including phenoxy) is 1. The highest BCUT2D eigenvalue weighted by Gasteiger charge is 2.34. The van der Waals surface area contributed by atoms with Crippen molar-refractivity contribution in [2.24, 2.45) is 5.92 Å². The Kier molecular flexibility index (Phi) is 8.09. The fraction of sp³-hybridized carbons (Fsp3) is 0.423. The topological polar surface area (TPSA) is 46.5 Å². The number of aliphatic carboxylic acids is 1. The number of hydrogen-bond donors (Lipinski definition) is 1. The molecule has 31 heavy (non-hydrogen) atoms. The van der Waals surface area contributed by atoms with Gasteiger partial charge in [0, 0.05) is 11.6 Å². The number of carboxylic acids is 1. The van der Waals surface area contributed by atoms with Crippen LogP contribution in [0.25, 0.3) is 11.1 Å². The Morgan fingerprint density at radius 2 is 2.00 bits per heavy atom. The molecular weight excluding hydrogens is 459 g/mol. The van der Waals surface area contributed by atoms with Crippen molar-refractivity contribution in [2.75, 3.05) is 7.11 Å². The minimum atomic E-state index is -1.06. The third kappa shape index (κ3) is 5.38. The van der Waals surface area contributed by atoms with E-state index in [0.29, 0.717) is 34.8 Å². The fourth-order valence-electron chi connectivity index (χ4n) is 4.10. The molecule has 168 valence electrons. The lowest BCUT2D eigenvalue weighted by Gasteiger charge is -2.36. The Bertz CT molecular complexity index is 994. The van der Waals surface area contributed by atoms with E-state index >= 15 is 4.39 Å². The van der Waals surface area contributed by atoms with Crippen LogP contribution in [0.1, 0.15) is 71.1 Å². The molecule has 0 aliphatic heterocycles. The van der Waals surface area contributed by atoms with Crippen LogP contribution in [0.15, 0.2) is 46.2 Å². The van der Waals surface area contributed by atoms with Crippen LogP contribution in [0.2, 0.25) is 0 Å². The molecule has 1 N–H and O–H groups in total. The van der Waals surface area contributed by atoms with Crippen molar-refractivity contribution in [3.63, 3.8) is 0 Å². The van der Waals surface area contributed by atoms with E-state index in [4.69, 9.17) is 9.84 Å². The van der Waals surface area contributed by atoms with Crippen molar-refractivity contribution in [1.29, 1.82) is 0 Å². The Morgan fingerprint density at radius 3 is 2.52 bits per heavy atom. The quantitative estimate of drug-likeness (QED) is 0.312. The zero-order valence-electron chi connectivity index (χ0n) is 19.4. The summed E-state index contributed by atoms with van der Waals surface area (Å²) >= 11 is 3.78. The molecule has 0 bridgehead atoms. The van der Waals surface area contributed by atoms with Crippen LogP contribution >= 0.6 is 15.9 Å². The van der Waals surface area contributed by atoms with Crippen molar-refractivity contribution in [3.05, 3.63) is 62.9 Å². The van der Waals surface area contributed by atoms with Gasteiger partial charge in [0.1, 0.15) is 11.6 Å². The molecule has 0 spiro atoms. The Balaban J connectivity index is 2.77. The van der Waals surface area contributed by atoms with Crippen LogP contribution in [-0.2, 0) is 10.2 Å². The zero-order valence-corrected chi connectivity index (χ0v) is 21.0. The SMILES string of the molecule is CC/C(=C(F)/C=C/C(C)=C/C(=O)O)c1cc2c(c(Br)c1OC)C(C)(C)CC=C2C(C)C. The second-order valence-electron chi connectivity index (χ2n) is 8.84. The van der Waals surface area contributed by atoms with Gasteiger partial charge >= 0.3 is 5.97 Å². The first-order chi connectivity index (χ1) is 14.4. The Labute approximate surface area is 193 Å². The first-order valence-electron chi connectivity index (χ1n) is 10.5. The maximum absolute atomic E-state index is 15.3. The monoisotopic (exact) mass is 490 g/mol. The smallest absolute Gasteiger partial charge is 0.328 e. The molecule has 1 aliphatic carbocycles. The summed E-state index contributed by atoms with van der Waals surface area (Å²) in [6.45, 7) is 12.3. The molecule has 0 aromatic heterocycles. The number of allylic oxidation sites excluding steroid dienone is 7. The lowest BCUT2D eigenvalue weighted by Crippen LogP contribution is -2.24. The van der Waals surface area contributed by atoms with Crippen molar-refractivity contribution in [1.82, 2.24) is 0 Å². The Morgan fingerprint density at radius 1 is 1.35 bits per heavy atom. The second-order valence-corrected chi connectivity index (χ2v) is 9.63. The highest BCUT2D eigenvalue weighted by molar-refractivity contribution is 9.10. The lowest BCUT2D eigenvalue weighted by molar-refractivity contribution is -0.131. The van der Waals surface area contributed by atoms with Crippen LogP contribution in [-0.4, -0.2) is 18.2 Å². The van der Waals surface area contributed by atoms with Gasteiger partial charge in [-0.25, -0.2) is 9.18 Å². The van der Waals surface area contributed by atoms with Crippen molar-refractivity contribution in [3.8, 4) is 5.75 Å². The second kappa shape index (κ2) is 9.99. The number of hydrogen-bond acceptors (Lipinski definition) is 2. The largest absolute Gasteiger partial charge is 0.495 e. The molecule has 0 saturated carbocycles. The molecule has 5 heteroatoms. The summed E-state index contributed by atoms with van der Waals surface area (Å²) in [7, 11) is 1.60. The minimum Gasteiger partial charge on any atom is -0.495 e. The van der Waals surface area contributed by atoms with Crippen molar-refractivity contribution >= 4 is 33.0 Å². The van der Waals surface area contributed by atoms with Gasteiger partial charge in [0.2, 0.25) is 0 Å². The van der Waals surface area contributed by atoms with E-state index in [-0.39, 0.29) is 5.41 Å². The molecule has 3 nitrogen and oxygen atoms in total. The first kappa shape index (κ1) is 25.1. The number of methoxy groups -OCH3 is 1. The van der Waals surface area contributed by atoms with E-state index in [1.54, 1.807) is 14.0 Å². The summed E-state index contributed by atoms with van der Waals surface area (Å²) in [5, 5.41) is 8.86. The third-order valence-corrected chi connectivity index (χ3v) is 6.43. The van der Waals surface area contributed by atoms with Crippen molar-refractivity contribution < 1.29 is 19.0 Å². The molecule has 1 aromatic carbocycles.